The summed E-state index contributed by atoms with van der Waals surface area (Å²) >= 11 is 1.23. The van der Waals surface area contributed by atoms with Gasteiger partial charge in [-0.25, -0.2) is 9.59 Å². The molecule has 0 bridgehead atoms. The van der Waals surface area contributed by atoms with Gasteiger partial charge in [0, 0.05) is 14.1 Å². The minimum Gasteiger partial charge on any atom is -0.465 e. The molecule has 0 atom stereocenters. The highest BCUT2D eigenvalue weighted by Crippen LogP contribution is 2.23. The summed E-state index contributed by atoms with van der Waals surface area (Å²) in [6.07, 6.45) is 0. The van der Waals surface area contributed by atoms with Crippen LogP contribution in [0.15, 0.2) is 11.4 Å². The summed E-state index contributed by atoms with van der Waals surface area (Å²) in [5.41, 5.74) is 0.477. The van der Waals surface area contributed by atoms with Crippen molar-refractivity contribution in [1.29, 1.82) is 0 Å². The van der Waals surface area contributed by atoms with E-state index >= 15 is 0 Å². The van der Waals surface area contributed by atoms with Crippen molar-refractivity contribution < 1.29 is 14.3 Å². The van der Waals surface area contributed by atoms with E-state index in [9.17, 15) is 9.59 Å². The largest absolute Gasteiger partial charge is 0.465 e. The van der Waals surface area contributed by atoms with Gasteiger partial charge in [-0.05, 0) is 11.4 Å². The Balaban J connectivity index is 2.82. The Morgan fingerprint density at radius 2 is 2.13 bits per heavy atom. The fraction of sp³-hybridized carbons (Fsp3) is 0.333. The van der Waals surface area contributed by atoms with E-state index < -0.39 is 5.97 Å². The maximum absolute atomic E-state index is 11.3. The molecule has 82 valence electrons. The zero-order valence-electron chi connectivity index (χ0n) is 8.73. The van der Waals surface area contributed by atoms with Crippen LogP contribution < -0.4 is 5.32 Å². The van der Waals surface area contributed by atoms with Crippen molar-refractivity contribution >= 4 is 29.0 Å². The number of methoxy groups -OCH3 is 1. The molecular weight excluding hydrogens is 216 g/mol. The number of amides is 2. The van der Waals surface area contributed by atoms with E-state index in [-0.39, 0.29) is 6.03 Å². The molecule has 5 nitrogen and oxygen atoms in total. The molecule has 1 aromatic rings. The number of rotatable bonds is 2. The first-order valence-corrected chi connectivity index (χ1v) is 5.08. The lowest BCUT2D eigenvalue weighted by molar-refractivity contribution is 0.0607. The van der Waals surface area contributed by atoms with Gasteiger partial charge < -0.3 is 15.0 Å². The summed E-state index contributed by atoms with van der Waals surface area (Å²) in [4.78, 5) is 24.4. The van der Waals surface area contributed by atoms with E-state index in [4.69, 9.17) is 0 Å². The second-order valence-electron chi connectivity index (χ2n) is 2.98. The minimum absolute atomic E-state index is 0.279. The number of hydrogen-bond acceptors (Lipinski definition) is 4. The molecule has 6 heteroatoms. The zero-order chi connectivity index (χ0) is 11.4. The normalized spacial score (nSPS) is 9.53. The van der Waals surface area contributed by atoms with Crippen LogP contribution in [0.25, 0.3) is 0 Å². The number of hydrogen-bond donors (Lipinski definition) is 1. The van der Waals surface area contributed by atoms with Crippen LogP contribution in [0.1, 0.15) is 9.67 Å². The van der Waals surface area contributed by atoms with Crippen LogP contribution in [0.5, 0.6) is 0 Å². The highest BCUT2D eigenvalue weighted by atomic mass is 32.1. The van der Waals surface area contributed by atoms with Crippen LogP contribution in [0.3, 0.4) is 0 Å². The number of nitrogens with zero attached hydrogens (tertiary/aromatic N) is 1. The number of anilines is 1. The molecule has 1 aromatic heterocycles. The molecule has 0 aromatic carbocycles. The van der Waals surface area contributed by atoms with Gasteiger partial charge in [0.15, 0.2) is 0 Å². The smallest absolute Gasteiger partial charge is 0.350 e. The number of nitrogens with one attached hydrogen (secondary N) is 1. The van der Waals surface area contributed by atoms with Crippen molar-refractivity contribution in [3.63, 3.8) is 0 Å². The second-order valence-corrected chi connectivity index (χ2v) is 3.90. The van der Waals surface area contributed by atoms with Crippen LogP contribution in [0.2, 0.25) is 0 Å². The predicted octanol–water partition coefficient (Wildman–Crippen LogP) is 1.63. The summed E-state index contributed by atoms with van der Waals surface area (Å²) in [5.74, 6) is -0.445. The first-order valence-electron chi connectivity index (χ1n) is 4.20. The molecule has 15 heavy (non-hydrogen) atoms. The molecule has 0 saturated carbocycles. The quantitative estimate of drug-likeness (QED) is 0.783. The van der Waals surface area contributed by atoms with Crippen LogP contribution in [0.4, 0.5) is 10.5 Å². The van der Waals surface area contributed by atoms with E-state index in [0.29, 0.717) is 10.6 Å². The van der Waals surface area contributed by atoms with Gasteiger partial charge in [0.2, 0.25) is 0 Å². The maximum atomic E-state index is 11.3. The van der Waals surface area contributed by atoms with Crippen molar-refractivity contribution in [1.82, 2.24) is 4.90 Å². The average molecular weight is 228 g/mol. The van der Waals surface area contributed by atoms with Crippen molar-refractivity contribution in [3.8, 4) is 0 Å². The van der Waals surface area contributed by atoms with Crippen molar-refractivity contribution in [2.24, 2.45) is 0 Å². The third kappa shape index (κ3) is 2.69. The second kappa shape index (κ2) is 4.79. The Morgan fingerprint density at radius 3 is 2.67 bits per heavy atom. The summed E-state index contributed by atoms with van der Waals surface area (Å²) in [6, 6.07) is 1.39. The lowest BCUT2D eigenvalue weighted by Gasteiger charge is -2.11. The van der Waals surface area contributed by atoms with Gasteiger partial charge in [-0.1, -0.05) is 0 Å². The van der Waals surface area contributed by atoms with Gasteiger partial charge >= 0.3 is 12.0 Å². The number of thiophene rings is 1. The summed E-state index contributed by atoms with van der Waals surface area (Å²) < 4.78 is 4.58. The van der Waals surface area contributed by atoms with Gasteiger partial charge in [-0.3, -0.25) is 0 Å². The topological polar surface area (TPSA) is 58.6 Å². The Bertz CT molecular complexity index is 373. The molecule has 0 aliphatic rings. The van der Waals surface area contributed by atoms with Gasteiger partial charge in [0.25, 0.3) is 0 Å². The number of ether oxygens (including phenoxy) is 1. The Hall–Kier alpha value is -1.56. The Kier molecular flexibility index (Phi) is 3.68. The molecule has 0 aliphatic heterocycles. The van der Waals surface area contributed by atoms with Crippen molar-refractivity contribution in [3.05, 3.63) is 16.3 Å². The van der Waals surface area contributed by atoms with E-state index in [1.807, 2.05) is 0 Å². The van der Waals surface area contributed by atoms with Gasteiger partial charge in [-0.2, -0.15) is 0 Å². The first-order chi connectivity index (χ1) is 7.06. The minimum atomic E-state index is -0.445. The predicted molar refractivity (Wildman–Crippen MR) is 58.4 cm³/mol. The molecule has 0 unspecified atom stereocenters. The van der Waals surface area contributed by atoms with E-state index in [1.165, 1.54) is 23.3 Å². The summed E-state index contributed by atoms with van der Waals surface area (Å²) in [6.45, 7) is 0. The van der Waals surface area contributed by atoms with E-state index in [0.717, 1.165) is 0 Å². The molecule has 1 N–H and O–H groups in total. The first kappa shape index (κ1) is 11.5. The molecule has 0 fully saturated rings. The van der Waals surface area contributed by atoms with Crippen LogP contribution in [-0.2, 0) is 4.74 Å². The SMILES string of the molecule is COC(=O)c1sccc1NC(=O)N(C)C. The third-order valence-corrected chi connectivity index (χ3v) is 2.58. The van der Waals surface area contributed by atoms with Gasteiger partial charge in [0.1, 0.15) is 4.88 Å². The summed E-state index contributed by atoms with van der Waals surface area (Å²) in [5, 5.41) is 4.32. The molecule has 2 amide bonds. The van der Waals surface area contributed by atoms with Crippen molar-refractivity contribution in [2.75, 3.05) is 26.5 Å². The van der Waals surface area contributed by atoms with E-state index in [2.05, 4.69) is 10.1 Å². The van der Waals surface area contributed by atoms with Gasteiger partial charge in [0.05, 0.1) is 12.8 Å². The maximum Gasteiger partial charge on any atom is 0.350 e. The zero-order valence-corrected chi connectivity index (χ0v) is 9.55. The third-order valence-electron chi connectivity index (χ3n) is 1.68. The number of urea groups is 1. The standard InChI is InChI=1S/C9H12N2O3S/c1-11(2)9(13)10-6-4-5-15-7(6)8(12)14-3/h4-5H,1-3H3,(H,10,13). The van der Waals surface area contributed by atoms with Crippen molar-refractivity contribution in [2.45, 2.75) is 0 Å². The van der Waals surface area contributed by atoms with Crippen LogP contribution >= 0.6 is 11.3 Å². The fourth-order valence-electron chi connectivity index (χ4n) is 0.885. The molecule has 0 radical (unpaired) electrons. The molecule has 1 heterocycles. The highest BCUT2D eigenvalue weighted by molar-refractivity contribution is 7.12. The monoisotopic (exact) mass is 228 g/mol. The molecule has 0 spiro atoms. The number of esters is 1. The van der Waals surface area contributed by atoms with Crippen LogP contribution in [-0.4, -0.2) is 38.1 Å². The number of carbonyl (C=O) groups is 2. The summed E-state index contributed by atoms with van der Waals surface area (Å²) in [7, 11) is 4.55. The molecule has 0 aliphatic carbocycles. The molecule has 0 saturated heterocycles. The average Bonchev–Trinajstić information content (AvgIpc) is 2.64. The number of carbonyl (C=O) groups excluding carboxylic acids is 2. The van der Waals surface area contributed by atoms with Crippen LogP contribution in [0, 0.1) is 0 Å². The highest BCUT2D eigenvalue weighted by Gasteiger charge is 2.15. The lowest BCUT2D eigenvalue weighted by atomic mass is 10.4. The fourth-order valence-corrected chi connectivity index (χ4v) is 1.65. The molecular formula is C9H12N2O3S. The van der Waals surface area contributed by atoms with Gasteiger partial charge in [-0.15, -0.1) is 11.3 Å². The molecule has 1 rings (SSSR count). The van der Waals surface area contributed by atoms with E-state index in [1.54, 1.807) is 25.5 Å². The Morgan fingerprint density at radius 1 is 1.47 bits per heavy atom. The lowest BCUT2D eigenvalue weighted by Crippen LogP contribution is -2.27. The Labute approximate surface area is 91.6 Å².